The van der Waals surface area contributed by atoms with Crippen molar-refractivity contribution in [1.82, 2.24) is 4.37 Å². The molecule has 112 valence electrons. The van der Waals surface area contributed by atoms with Crippen LogP contribution in [-0.4, -0.2) is 16.9 Å². The molecule has 0 atom stereocenters. The number of esters is 1. The van der Waals surface area contributed by atoms with E-state index in [2.05, 4.69) is 9.69 Å². The Morgan fingerprint density at radius 3 is 2.71 bits per heavy atom. The van der Waals surface area contributed by atoms with Crippen LogP contribution < -0.4 is 5.32 Å². The molecule has 7 heteroatoms. The van der Waals surface area contributed by atoms with Crippen molar-refractivity contribution in [3.05, 3.63) is 40.6 Å². The number of anilines is 2. The summed E-state index contributed by atoms with van der Waals surface area (Å²) in [6, 6.07) is 2.14. The van der Waals surface area contributed by atoms with Crippen LogP contribution >= 0.6 is 11.5 Å². The van der Waals surface area contributed by atoms with Gasteiger partial charge in [-0.1, -0.05) is 0 Å². The molecule has 21 heavy (non-hydrogen) atoms. The lowest BCUT2D eigenvalue weighted by molar-refractivity contribution is 0.0527. The molecule has 1 heterocycles. The predicted molar refractivity (Wildman–Crippen MR) is 77.2 cm³/mol. The first kappa shape index (κ1) is 15.4. The van der Waals surface area contributed by atoms with Gasteiger partial charge in [0.05, 0.1) is 18.0 Å². The molecular weight excluding hydrogens is 298 g/mol. The first-order valence-corrected chi connectivity index (χ1v) is 7.07. The molecule has 0 unspecified atom stereocenters. The Morgan fingerprint density at radius 2 is 2.05 bits per heavy atom. The second kappa shape index (κ2) is 6.17. The average Bonchev–Trinajstić information content (AvgIpc) is 2.77. The number of carbonyl (C=O) groups excluding carboxylic acids is 1. The SMILES string of the molecule is CCOC(=O)c1c(C)nsc1Nc1cc(F)c(C)cc1F. The molecule has 0 saturated heterocycles. The number of aryl methyl sites for hydroxylation is 2. The van der Waals surface area contributed by atoms with Crippen molar-refractivity contribution in [2.45, 2.75) is 20.8 Å². The number of hydrogen-bond acceptors (Lipinski definition) is 5. The summed E-state index contributed by atoms with van der Waals surface area (Å²) in [6.07, 6.45) is 0. The molecule has 1 aromatic carbocycles. The Labute approximate surface area is 124 Å². The lowest BCUT2D eigenvalue weighted by Crippen LogP contribution is -2.08. The quantitative estimate of drug-likeness (QED) is 0.868. The van der Waals surface area contributed by atoms with Gasteiger partial charge in [-0.25, -0.2) is 13.6 Å². The fourth-order valence-corrected chi connectivity index (χ4v) is 2.56. The molecule has 1 N–H and O–H groups in total. The minimum Gasteiger partial charge on any atom is -0.462 e. The number of nitrogens with one attached hydrogen (secondary N) is 1. The summed E-state index contributed by atoms with van der Waals surface area (Å²) in [5.74, 6) is -1.67. The fraction of sp³-hybridized carbons (Fsp3) is 0.286. The van der Waals surface area contributed by atoms with E-state index in [0.29, 0.717) is 10.7 Å². The van der Waals surface area contributed by atoms with Crippen molar-refractivity contribution in [1.29, 1.82) is 0 Å². The number of carbonyl (C=O) groups is 1. The van der Waals surface area contributed by atoms with Crippen LogP contribution in [0.4, 0.5) is 19.5 Å². The van der Waals surface area contributed by atoms with Gasteiger partial charge >= 0.3 is 5.97 Å². The molecule has 0 spiro atoms. The number of ether oxygens (including phenoxy) is 1. The highest BCUT2D eigenvalue weighted by atomic mass is 32.1. The maximum Gasteiger partial charge on any atom is 0.343 e. The van der Waals surface area contributed by atoms with Gasteiger partial charge in [-0.2, -0.15) is 4.37 Å². The molecule has 0 aliphatic rings. The van der Waals surface area contributed by atoms with Crippen LogP contribution in [-0.2, 0) is 4.74 Å². The van der Waals surface area contributed by atoms with E-state index in [1.165, 1.54) is 6.92 Å². The van der Waals surface area contributed by atoms with E-state index in [0.717, 1.165) is 23.7 Å². The van der Waals surface area contributed by atoms with Gasteiger partial charge in [0.2, 0.25) is 0 Å². The summed E-state index contributed by atoms with van der Waals surface area (Å²) in [5, 5.41) is 3.04. The molecule has 1 aromatic heterocycles. The third-order valence-electron chi connectivity index (χ3n) is 2.84. The van der Waals surface area contributed by atoms with Crippen LogP contribution in [0, 0.1) is 25.5 Å². The van der Waals surface area contributed by atoms with Gasteiger partial charge in [0.1, 0.15) is 22.2 Å². The highest BCUT2D eigenvalue weighted by Gasteiger charge is 2.21. The molecule has 0 amide bonds. The summed E-state index contributed by atoms with van der Waals surface area (Å²) in [4.78, 5) is 11.9. The van der Waals surface area contributed by atoms with Crippen LogP contribution in [0.5, 0.6) is 0 Å². The van der Waals surface area contributed by atoms with Crippen molar-refractivity contribution in [3.63, 3.8) is 0 Å². The minimum atomic E-state index is -0.602. The molecule has 0 saturated carbocycles. The molecule has 0 aliphatic carbocycles. The van der Waals surface area contributed by atoms with Gasteiger partial charge in [-0.05, 0) is 43.9 Å². The van der Waals surface area contributed by atoms with Crippen molar-refractivity contribution < 1.29 is 18.3 Å². The standard InChI is InChI=1S/C14H14F2N2O2S/c1-4-20-14(19)12-8(3)18-21-13(12)17-11-6-9(15)7(2)5-10(11)16/h5-6,17H,4H2,1-3H3. The van der Waals surface area contributed by atoms with Crippen molar-refractivity contribution in [2.75, 3.05) is 11.9 Å². The lowest BCUT2D eigenvalue weighted by Gasteiger charge is -2.09. The third kappa shape index (κ3) is 3.18. The number of benzene rings is 1. The largest absolute Gasteiger partial charge is 0.462 e. The van der Waals surface area contributed by atoms with Gasteiger partial charge in [0, 0.05) is 6.07 Å². The summed E-state index contributed by atoms with van der Waals surface area (Å²) < 4.78 is 36.4. The van der Waals surface area contributed by atoms with E-state index in [1.807, 2.05) is 0 Å². The second-order valence-corrected chi connectivity index (χ2v) is 5.17. The number of aromatic nitrogens is 1. The first-order valence-electron chi connectivity index (χ1n) is 6.30. The maximum absolute atomic E-state index is 13.8. The fourth-order valence-electron chi connectivity index (χ4n) is 1.76. The molecule has 0 bridgehead atoms. The Morgan fingerprint density at radius 1 is 1.33 bits per heavy atom. The van der Waals surface area contributed by atoms with Crippen molar-refractivity contribution in [3.8, 4) is 0 Å². The van der Waals surface area contributed by atoms with Crippen molar-refractivity contribution >= 4 is 28.2 Å². The minimum absolute atomic E-state index is 0.0488. The number of halogens is 2. The van der Waals surface area contributed by atoms with E-state index in [4.69, 9.17) is 4.74 Å². The highest BCUT2D eigenvalue weighted by Crippen LogP contribution is 2.30. The normalized spacial score (nSPS) is 10.5. The summed E-state index contributed by atoms with van der Waals surface area (Å²) in [7, 11) is 0. The third-order valence-corrected chi connectivity index (χ3v) is 3.69. The zero-order valence-electron chi connectivity index (χ0n) is 11.8. The van der Waals surface area contributed by atoms with Crippen LogP contribution in [0.15, 0.2) is 12.1 Å². The molecular formula is C14H14F2N2O2S. The Balaban J connectivity index is 2.37. The van der Waals surface area contributed by atoms with E-state index in [-0.39, 0.29) is 23.4 Å². The van der Waals surface area contributed by atoms with Crippen LogP contribution in [0.25, 0.3) is 0 Å². The van der Waals surface area contributed by atoms with Crippen LogP contribution in [0.1, 0.15) is 28.5 Å². The maximum atomic E-state index is 13.8. The number of hydrogen-bond donors (Lipinski definition) is 1. The highest BCUT2D eigenvalue weighted by molar-refractivity contribution is 7.10. The van der Waals surface area contributed by atoms with Gasteiger partial charge in [0.15, 0.2) is 0 Å². The summed E-state index contributed by atoms with van der Waals surface area (Å²) in [5.41, 5.74) is 0.882. The molecule has 2 aromatic rings. The smallest absolute Gasteiger partial charge is 0.343 e. The number of nitrogens with zero attached hydrogens (tertiary/aromatic N) is 1. The number of rotatable bonds is 4. The van der Waals surface area contributed by atoms with Crippen LogP contribution in [0.3, 0.4) is 0 Å². The van der Waals surface area contributed by atoms with Gasteiger partial charge in [-0.15, -0.1) is 0 Å². The first-order chi connectivity index (χ1) is 9.93. The van der Waals surface area contributed by atoms with Gasteiger partial charge < -0.3 is 10.1 Å². The molecule has 0 aliphatic heterocycles. The second-order valence-electron chi connectivity index (χ2n) is 4.40. The average molecular weight is 312 g/mol. The Hall–Kier alpha value is -2.02. The van der Waals surface area contributed by atoms with Gasteiger partial charge in [0.25, 0.3) is 0 Å². The molecule has 0 fully saturated rings. The van der Waals surface area contributed by atoms with E-state index >= 15 is 0 Å². The monoisotopic (exact) mass is 312 g/mol. The van der Waals surface area contributed by atoms with Gasteiger partial charge in [-0.3, -0.25) is 0 Å². The zero-order chi connectivity index (χ0) is 15.6. The lowest BCUT2D eigenvalue weighted by atomic mass is 10.2. The van der Waals surface area contributed by atoms with Crippen LogP contribution in [0.2, 0.25) is 0 Å². The van der Waals surface area contributed by atoms with E-state index < -0.39 is 17.6 Å². The van der Waals surface area contributed by atoms with E-state index in [9.17, 15) is 13.6 Å². The molecule has 0 radical (unpaired) electrons. The Kier molecular flexibility index (Phi) is 4.52. The molecule has 2 rings (SSSR count). The van der Waals surface area contributed by atoms with Crippen molar-refractivity contribution in [2.24, 2.45) is 0 Å². The molecule has 4 nitrogen and oxygen atoms in total. The summed E-state index contributed by atoms with van der Waals surface area (Å²) >= 11 is 0.993. The van der Waals surface area contributed by atoms with E-state index in [1.54, 1.807) is 13.8 Å². The summed E-state index contributed by atoms with van der Waals surface area (Å²) in [6.45, 7) is 5.04. The predicted octanol–water partition coefficient (Wildman–Crippen LogP) is 3.96. The zero-order valence-corrected chi connectivity index (χ0v) is 12.6. The Bertz CT molecular complexity index is 686. The topological polar surface area (TPSA) is 51.2 Å².